The Morgan fingerprint density at radius 1 is 1.46 bits per heavy atom. The average Bonchev–Trinajstić information content (AvgIpc) is 2.56. The molecule has 66 valence electrons. The third kappa shape index (κ3) is 1.09. The molecule has 0 radical (unpaired) electrons. The van der Waals surface area contributed by atoms with Crippen LogP contribution in [0.15, 0.2) is 18.3 Å². The van der Waals surface area contributed by atoms with E-state index in [1.54, 1.807) is 6.07 Å². The van der Waals surface area contributed by atoms with Gasteiger partial charge in [-0.05, 0) is 12.1 Å². The van der Waals surface area contributed by atoms with E-state index in [2.05, 4.69) is 4.98 Å². The van der Waals surface area contributed by atoms with E-state index in [0.29, 0.717) is 27.8 Å². The number of carbonyl (C=O) groups excluding carboxylic acids is 1. The first-order valence-electron chi connectivity index (χ1n) is 3.68. The molecule has 0 unspecified atom stereocenters. The molecule has 13 heavy (non-hydrogen) atoms. The summed E-state index contributed by atoms with van der Waals surface area (Å²) in [6.45, 7) is 0. The molecule has 1 aromatic heterocycles. The molecule has 2 rings (SSSR count). The van der Waals surface area contributed by atoms with Crippen molar-refractivity contribution in [3.05, 3.63) is 28.9 Å². The minimum atomic E-state index is 0.0581. The number of aldehydes is 1. The molecule has 0 aliphatic rings. The lowest BCUT2D eigenvalue weighted by atomic mass is 10.2. The summed E-state index contributed by atoms with van der Waals surface area (Å²) >= 11 is 5.84. The Kier molecular flexibility index (Phi) is 1.74. The van der Waals surface area contributed by atoms with Crippen LogP contribution < -0.4 is 0 Å². The highest BCUT2D eigenvalue weighted by Gasteiger charge is 2.09. The molecule has 3 nitrogen and oxygen atoms in total. The molecule has 0 spiro atoms. The molecule has 4 heteroatoms. The second-order valence-electron chi connectivity index (χ2n) is 2.68. The number of phenolic OH excluding ortho intramolecular Hbond substituents is 1. The van der Waals surface area contributed by atoms with Gasteiger partial charge in [0.1, 0.15) is 5.75 Å². The first kappa shape index (κ1) is 8.13. The largest absolute Gasteiger partial charge is 0.507 e. The van der Waals surface area contributed by atoms with Gasteiger partial charge in [-0.25, -0.2) is 0 Å². The zero-order valence-electron chi connectivity index (χ0n) is 6.54. The van der Waals surface area contributed by atoms with E-state index >= 15 is 0 Å². The van der Waals surface area contributed by atoms with Crippen LogP contribution in [0.5, 0.6) is 5.75 Å². The molecule has 0 fully saturated rings. The van der Waals surface area contributed by atoms with Crippen LogP contribution in [0.2, 0.25) is 5.02 Å². The number of hydrogen-bond acceptors (Lipinski definition) is 2. The Morgan fingerprint density at radius 3 is 2.92 bits per heavy atom. The molecule has 0 atom stereocenters. The summed E-state index contributed by atoms with van der Waals surface area (Å²) in [6.07, 6.45) is 2.19. The number of aromatic amines is 1. The van der Waals surface area contributed by atoms with Crippen molar-refractivity contribution in [2.75, 3.05) is 0 Å². The van der Waals surface area contributed by atoms with Crippen LogP contribution in [0.3, 0.4) is 0 Å². The lowest BCUT2D eigenvalue weighted by molar-refractivity contribution is 0.112. The summed E-state index contributed by atoms with van der Waals surface area (Å²) in [5, 5.41) is 10.4. The van der Waals surface area contributed by atoms with Crippen LogP contribution in [0.4, 0.5) is 0 Å². The summed E-state index contributed by atoms with van der Waals surface area (Å²) in [5.41, 5.74) is 0.999. The minimum absolute atomic E-state index is 0.0581. The van der Waals surface area contributed by atoms with Crippen LogP contribution in [0.1, 0.15) is 10.4 Å². The number of nitrogens with one attached hydrogen (secondary N) is 1. The second kappa shape index (κ2) is 2.78. The fourth-order valence-corrected chi connectivity index (χ4v) is 1.53. The summed E-state index contributed by atoms with van der Waals surface area (Å²) in [7, 11) is 0. The summed E-state index contributed by atoms with van der Waals surface area (Å²) in [4.78, 5) is 13.4. The molecule has 2 N–H and O–H groups in total. The van der Waals surface area contributed by atoms with Crippen molar-refractivity contribution in [1.82, 2.24) is 4.98 Å². The van der Waals surface area contributed by atoms with E-state index < -0.39 is 0 Å². The molecular formula is C9H6ClNO2. The molecule has 0 saturated carbocycles. The second-order valence-corrected chi connectivity index (χ2v) is 3.09. The Morgan fingerprint density at radius 2 is 2.23 bits per heavy atom. The normalized spacial score (nSPS) is 10.5. The van der Waals surface area contributed by atoms with Gasteiger partial charge in [0.2, 0.25) is 0 Å². The van der Waals surface area contributed by atoms with E-state index in [-0.39, 0.29) is 5.75 Å². The number of aromatic nitrogens is 1. The summed E-state index contributed by atoms with van der Waals surface area (Å²) in [6, 6.07) is 3.04. The molecule has 0 bridgehead atoms. The van der Waals surface area contributed by atoms with Crippen LogP contribution in [0.25, 0.3) is 10.9 Å². The highest BCUT2D eigenvalue weighted by molar-refractivity contribution is 6.35. The van der Waals surface area contributed by atoms with E-state index in [1.807, 2.05) is 0 Å². The molecule has 0 aliphatic heterocycles. The van der Waals surface area contributed by atoms with Gasteiger partial charge in [0.25, 0.3) is 0 Å². The van der Waals surface area contributed by atoms with Gasteiger partial charge in [0.05, 0.1) is 15.9 Å². The molecular weight excluding hydrogens is 190 g/mol. The molecule has 1 heterocycles. The van der Waals surface area contributed by atoms with Crippen LogP contribution in [0, 0.1) is 0 Å². The topological polar surface area (TPSA) is 53.1 Å². The number of rotatable bonds is 1. The van der Waals surface area contributed by atoms with Crippen LogP contribution in [-0.2, 0) is 0 Å². The van der Waals surface area contributed by atoms with Crippen LogP contribution >= 0.6 is 11.6 Å². The lowest BCUT2D eigenvalue weighted by Gasteiger charge is -1.97. The van der Waals surface area contributed by atoms with Crippen molar-refractivity contribution < 1.29 is 9.90 Å². The maximum atomic E-state index is 10.6. The van der Waals surface area contributed by atoms with Gasteiger partial charge in [0, 0.05) is 11.8 Å². The number of halogens is 1. The average molecular weight is 196 g/mol. The summed E-state index contributed by atoms with van der Waals surface area (Å²) in [5.74, 6) is 0.0581. The SMILES string of the molecule is O=Cc1c[nH]c2c(Cl)ccc(O)c12. The number of hydrogen-bond donors (Lipinski definition) is 2. The van der Waals surface area contributed by atoms with Crippen molar-refractivity contribution >= 4 is 28.8 Å². The molecule has 0 aliphatic carbocycles. The number of benzene rings is 1. The zero-order valence-corrected chi connectivity index (χ0v) is 7.30. The van der Waals surface area contributed by atoms with Crippen molar-refractivity contribution in [1.29, 1.82) is 0 Å². The van der Waals surface area contributed by atoms with Gasteiger partial charge in [-0.1, -0.05) is 11.6 Å². The fraction of sp³-hybridized carbons (Fsp3) is 0. The zero-order chi connectivity index (χ0) is 9.42. The first-order chi connectivity index (χ1) is 6.24. The van der Waals surface area contributed by atoms with Gasteiger partial charge in [-0.3, -0.25) is 4.79 Å². The maximum Gasteiger partial charge on any atom is 0.152 e. The molecule has 2 aromatic rings. The molecule has 1 aromatic carbocycles. The van der Waals surface area contributed by atoms with Gasteiger partial charge in [0.15, 0.2) is 6.29 Å². The predicted octanol–water partition coefficient (Wildman–Crippen LogP) is 2.34. The monoisotopic (exact) mass is 195 g/mol. The minimum Gasteiger partial charge on any atom is -0.507 e. The lowest BCUT2D eigenvalue weighted by Crippen LogP contribution is -1.76. The van der Waals surface area contributed by atoms with Gasteiger partial charge >= 0.3 is 0 Å². The Balaban J connectivity index is 2.95. The molecule has 0 amide bonds. The highest BCUT2D eigenvalue weighted by Crippen LogP contribution is 2.31. The number of phenols is 1. The standard InChI is InChI=1S/C9H6ClNO2/c10-6-1-2-7(13)8-5(4-12)3-11-9(6)8/h1-4,11,13H. The Hall–Kier alpha value is -1.48. The van der Waals surface area contributed by atoms with E-state index in [1.165, 1.54) is 12.3 Å². The van der Waals surface area contributed by atoms with E-state index in [0.717, 1.165) is 0 Å². The number of carbonyl (C=O) groups is 1. The van der Waals surface area contributed by atoms with Crippen LogP contribution in [-0.4, -0.2) is 16.4 Å². The van der Waals surface area contributed by atoms with Crippen molar-refractivity contribution in [3.8, 4) is 5.75 Å². The number of H-pyrrole nitrogens is 1. The van der Waals surface area contributed by atoms with E-state index in [9.17, 15) is 9.90 Å². The first-order valence-corrected chi connectivity index (χ1v) is 4.05. The Labute approximate surface area is 78.9 Å². The third-order valence-electron chi connectivity index (χ3n) is 1.92. The summed E-state index contributed by atoms with van der Waals surface area (Å²) < 4.78 is 0. The van der Waals surface area contributed by atoms with E-state index in [4.69, 9.17) is 11.6 Å². The van der Waals surface area contributed by atoms with Crippen molar-refractivity contribution in [3.63, 3.8) is 0 Å². The number of fused-ring (bicyclic) bond motifs is 1. The maximum absolute atomic E-state index is 10.6. The van der Waals surface area contributed by atoms with Gasteiger partial charge in [-0.15, -0.1) is 0 Å². The molecule has 0 saturated heterocycles. The fourth-order valence-electron chi connectivity index (χ4n) is 1.31. The highest BCUT2D eigenvalue weighted by atomic mass is 35.5. The van der Waals surface area contributed by atoms with Gasteiger partial charge < -0.3 is 10.1 Å². The van der Waals surface area contributed by atoms with Gasteiger partial charge in [-0.2, -0.15) is 0 Å². The third-order valence-corrected chi connectivity index (χ3v) is 2.24. The Bertz CT molecular complexity index is 476. The number of aromatic hydroxyl groups is 1. The smallest absolute Gasteiger partial charge is 0.152 e. The quantitative estimate of drug-likeness (QED) is 0.687. The predicted molar refractivity (Wildman–Crippen MR) is 50.4 cm³/mol. The van der Waals surface area contributed by atoms with Crippen molar-refractivity contribution in [2.24, 2.45) is 0 Å². The van der Waals surface area contributed by atoms with Crippen molar-refractivity contribution in [2.45, 2.75) is 0 Å².